The van der Waals surface area contributed by atoms with Gasteiger partial charge in [-0.05, 0) is 62.5 Å². The van der Waals surface area contributed by atoms with Crippen LogP contribution in [0.4, 0.5) is 5.69 Å². The first kappa shape index (κ1) is 15.9. The summed E-state index contributed by atoms with van der Waals surface area (Å²) in [5, 5.41) is 1.08. The molecule has 0 aromatic carbocycles. The smallest absolute Gasteiger partial charge is 0.266 e. The summed E-state index contributed by atoms with van der Waals surface area (Å²) in [6.07, 6.45) is 8.99. The summed E-state index contributed by atoms with van der Waals surface area (Å²) < 4.78 is 0. The summed E-state index contributed by atoms with van der Waals surface area (Å²) in [6.45, 7) is 3.89. The van der Waals surface area contributed by atoms with Gasteiger partial charge < -0.3 is 10.6 Å². The molecule has 4 rings (SSSR count). The van der Waals surface area contributed by atoms with Crippen molar-refractivity contribution >= 4 is 33.1 Å². The molecule has 1 amide bonds. The summed E-state index contributed by atoms with van der Waals surface area (Å²) in [7, 11) is 0. The Balaban J connectivity index is 1.83. The van der Waals surface area contributed by atoms with E-state index in [4.69, 9.17) is 10.7 Å². The molecule has 1 aliphatic heterocycles. The van der Waals surface area contributed by atoms with Crippen LogP contribution in [0.3, 0.4) is 0 Å². The fourth-order valence-corrected chi connectivity index (χ4v) is 5.30. The number of amides is 1. The van der Waals surface area contributed by atoms with Gasteiger partial charge in [-0.15, -0.1) is 11.3 Å². The monoisotopic (exact) mass is 343 g/mol. The van der Waals surface area contributed by atoms with Gasteiger partial charge in [0.1, 0.15) is 9.71 Å². The lowest BCUT2D eigenvalue weighted by molar-refractivity contribution is 0.0730. The highest BCUT2D eigenvalue weighted by Crippen LogP contribution is 2.40. The number of fused-ring (bicyclic) bond motifs is 3. The quantitative estimate of drug-likeness (QED) is 0.898. The Bertz CT molecular complexity index is 790. The standard InChI is InChI=1S/C19H25N3OS/c1-2-14-12-8-4-5-9-13(12)15-16(20)17(24-18(15)21-14)19(23)22-10-6-3-7-11-22/h2-11,20H2,1H3. The molecule has 2 aromatic heterocycles. The summed E-state index contributed by atoms with van der Waals surface area (Å²) >= 11 is 1.50. The van der Waals surface area contributed by atoms with Gasteiger partial charge in [0.15, 0.2) is 0 Å². The molecule has 4 nitrogen and oxygen atoms in total. The molecule has 0 bridgehead atoms. The zero-order valence-corrected chi connectivity index (χ0v) is 15.2. The van der Waals surface area contributed by atoms with Crippen molar-refractivity contribution in [2.24, 2.45) is 0 Å². The Kier molecular flexibility index (Phi) is 4.21. The van der Waals surface area contributed by atoms with E-state index in [-0.39, 0.29) is 5.91 Å². The molecule has 1 saturated heterocycles. The number of aromatic nitrogens is 1. The van der Waals surface area contributed by atoms with Crippen LogP contribution in [0.5, 0.6) is 0 Å². The third-order valence-electron chi connectivity index (χ3n) is 5.45. The molecule has 1 aliphatic carbocycles. The van der Waals surface area contributed by atoms with Crippen LogP contribution in [-0.4, -0.2) is 28.9 Å². The number of nitrogens with zero attached hydrogens (tertiary/aromatic N) is 2. The molecule has 5 heteroatoms. The van der Waals surface area contributed by atoms with E-state index in [0.717, 1.165) is 55.4 Å². The molecular formula is C19H25N3OS. The molecule has 2 aliphatic rings. The third kappa shape index (κ3) is 2.50. The summed E-state index contributed by atoms with van der Waals surface area (Å²) in [5.41, 5.74) is 11.1. The molecule has 1 fully saturated rings. The zero-order valence-electron chi connectivity index (χ0n) is 14.4. The minimum atomic E-state index is 0.109. The van der Waals surface area contributed by atoms with Crippen molar-refractivity contribution in [2.75, 3.05) is 18.8 Å². The molecule has 0 radical (unpaired) electrons. The van der Waals surface area contributed by atoms with E-state index in [2.05, 4.69) is 6.92 Å². The minimum Gasteiger partial charge on any atom is -0.397 e. The van der Waals surface area contributed by atoms with Crippen LogP contribution in [-0.2, 0) is 19.3 Å². The molecular weight excluding hydrogens is 318 g/mol. The maximum Gasteiger partial charge on any atom is 0.266 e. The normalized spacial score (nSPS) is 18.0. The lowest BCUT2D eigenvalue weighted by Crippen LogP contribution is -2.35. The van der Waals surface area contributed by atoms with Gasteiger partial charge in [-0.25, -0.2) is 4.98 Å². The molecule has 0 unspecified atom stereocenters. The van der Waals surface area contributed by atoms with Crippen molar-refractivity contribution in [2.45, 2.75) is 58.3 Å². The molecule has 0 atom stereocenters. The Hall–Kier alpha value is -1.62. The number of hydrogen-bond acceptors (Lipinski definition) is 4. The number of aryl methyl sites for hydroxylation is 2. The van der Waals surface area contributed by atoms with Crippen LogP contribution in [0.1, 0.15) is 65.5 Å². The van der Waals surface area contributed by atoms with Crippen LogP contribution in [0.2, 0.25) is 0 Å². The average molecular weight is 343 g/mol. The summed E-state index contributed by atoms with van der Waals surface area (Å²) in [6, 6.07) is 0. The minimum absolute atomic E-state index is 0.109. The fraction of sp³-hybridized carbons (Fsp3) is 0.579. The predicted octanol–water partition coefficient (Wildman–Crippen LogP) is 3.95. The van der Waals surface area contributed by atoms with Crippen LogP contribution < -0.4 is 5.73 Å². The second kappa shape index (κ2) is 6.36. The van der Waals surface area contributed by atoms with Crippen molar-refractivity contribution in [1.29, 1.82) is 0 Å². The van der Waals surface area contributed by atoms with Crippen molar-refractivity contribution in [3.8, 4) is 0 Å². The van der Waals surface area contributed by atoms with Crippen molar-refractivity contribution in [3.63, 3.8) is 0 Å². The second-order valence-electron chi connectivity index (χ2n) is 6.95. The number of rotatable bonds is 2. The lowest BCUT2D eigenvalue weighted by atomic mass is 9.88. The molecule has 128 valence electrons. The highest BCUT2D eigenvalue weighted by Gasteiger charge is 2.27. The van der Waals surface area contributed by atoms with Gasteiger partial charge in [0.2, 0.25) is 0 Å². The molecule has 2 N–H and O–H groups in total. The fourth-order valence-electron chi connectivity index (χ4n) is 4.18. The van der Waals surface area contributed by atoms with Crippen LogP contribution in [0, 0.1) is 0 Å². The van der Waals surface area contributed by atoms with Crippen LogP contribution in [0.25, 0.3) is 10.2 Å². The van der Waals surface area contributed by atoms with Crippen molar-refractivity contribution < 1.29 is 4.79 Å². The number of piperidine rings is 1. The maximum absolute atomic E-state index is 12.9. The van der Waals surface area contributed by atoms with Gasteiger partial charge >= 0.3 is 0 Å². The number of likely N-dealkylation sites (tertiary alicyclic amines) is 1. The number of anilines is 1. The summed E-state index contributed by atoms with van der Waals surface area (Å²) in [4.78, 5) is 21.5. The zero-order chi connectivity index (χ0) is 16.7. The molecule has 2 aromatic rings. The Labute approximate surface area is 147 Å². The molecule has 0 spiro atoms. The molecule has 3 heterocycles. The highest BCUT2D eigenvalue weighted by molar-refractivity contribution is 7.21. The number of thiophene rings is 1. The van der Waals surface area contributed by atoms with Gasteiger partial charge in [0.05, 0.1) is 5.69 Å². The Morgan fingerprint density at radius 3 is 2.54 bits per heavy atom. The Morgan fingerprint density at radius 2 is 1.83 bits per heavy atom. The first-order valence-corrected chi connectivity index (χ1v) is 10.0. The number of pyridine rings is 1. The third-order valence-corrected chi connectivity index (χ3v) is 6.54. The maximum atomic E-state index is 12.9. The first-order valence-electron chi connectivity index (χ1n) is 9.22. The number of nitrogen functional groups attached to an aromatic ring is 1. The Morgan fingerprint density at radius 1 is 1.12 bits per heavy atom. The van der Waals surface area contributed by atoms with E-state index >= 15 is 0 Å². The van der Waals surface area contributed by atoms with Crippen LogP contribution >= 0.6 is 11.3 Å². The number of carbonyl (C=O) groups is 1. The topological polar surface area (TPSA) is 59.2 Å². The van der Waals surface area contributed by atoms with E-state index in [1.165, 1.54) is 47.4 Å². The number of nitrogens with two attached hydrogens (primary N) is 1. The number of hydrogen-bond donors (Lipinski definition) is 1. The van der Waals surface area contributed by atoms with E-state index < -0.39 is 0 Å². The average Bonchev–Trinajstić information content (AvgIpc) is 2.98. The van der Waals surface area contributed by atoms with E-state index in [1.54, 1.807) is 0 Å². The largest absolute Gasteiger partial charge is 0.397 e. The van der Waals surface area contributed by atoms with Gasteiger partial charge in [0, 0.05) is 24.2 Å². The van der Waals surface area contributed by atoms with Gasteiger partial charge in [-0.2, -0.15) is 0 Å². The summed E-state index contributed by atoms with van der Waals surface area (Å²) in [5.74, 6) is 0.109. The number of carbonyl (C=O) groups excluding carboxylic acids is 1. The van der Waals surface area contributed by atoms with Crippen LogP contribution in [0.15, 0.2) is 0 Å². The van der Waals surface area contributed by atoms with E-state index in [1.807, 2.05) is 4.90 Å². The van der Waals surface area contributed by atoms with Gasteiger partial charge in [-0.3, -0.25) is 4.79 Å². The van der Waals surface area contributed by atoms with E-state index in [0.29, 0.717) is 10.6 Å². The SMILES string of the molecule is CCc1nc2sc(C(=O)N3CCCCC3)c(N)c2c2c1CCCC2. The van der Waals surface area contributed by atoms with Gasteiger partial charge in [-0.1, -0.05) is 6.92 Å². The second-order valence-corrected chi connectivity index (χ2v) is 7.95. The molecule has 24 heavy (non-hydrogen) atoms. The highest BCUT2D eigenvalue weighted by atomic mass is 32.1. The first-order chi connectivity index (χ1) is 11.7. The predicted molar refractivity (Wildman–Crippen MR) is 99.8 cm³/mol. The van der Waals surface area contributed by atoms with E-state index in [9.17, 15) is 4.79 Å². The van der Waals surface area contributed by atoms with Gasteiger partial charge in [0.25, 0.3) is 5.91 Å². The lowest BCUT2D eigenvalue weighted by Gasteiger charge is -2.26. The van der Waals surface area contributed by atoms with Crippen molar-refractivity contribution in [1.82, 2.24) is 9.88 Å². The van der Waals surface area contributed by atoms with Crippen molar-refractivity contribution in [3.05, 3.63) is 21.7 Å². The molecule has 0 saturated carbocycles.